The van der Waals surface area contributed by atoms with Crippen molar-refractivity contribution in [1.82, 2.24) is 0 Å². The molecule has 0 saturated carbocycles. The van der Waals surface area contributed by atoms with Crippen molar-refractivity contribution in [1.29, 1.82) is 0 Å². The van der Waals surface area contributed by atoms with Crippen molar-refractivity contribution >= 4 is 5.97 Å². The van der Waals surface area contributed by atoms with Crippen LogP contribution in [0.2, 0.25) is 0 Å². The lowest BCUT2D eigenvalue weighted by Crippen LogP contribution is -2.23. The predicted molar refractivity (Wildman–Crippen MR) is 61.8 cm³/mol. The first kappa shape index (κ1) is 12.5. The van der Waals surface area contributed by atoms with Gasteiger partial charge in [0.15, 0.2) is 6.10 Å². The van der Waals surface area contributed by atoms with Crippen LogP contribution < -0.4 is 0 Å². The van der Waals surface area contributed by atoms with Crippen LogP contribution in [0.5, 0.6) is 0 Å². The van der Waals surface area contributed by atoms with Gasteiger partial charge in [-0.25, -0.2) is 4.79 Å². The lowest BCUT2D eigenvalue weighted by atomic mass is 10.2. The van der Waals surface area contributed by atoms with Crippen LogP contribution in [0.4, 0.5) is 0 Å². The summed E-state index contributed by atoms with van der Waals surface area (Å²) in [7, 11) is 0. The second-order valence-electron chi connectivity index (χ2n) is 3.36. The molecule has 3 heteroatoms. The molecule has 0 amide bonds. The Kier molecular flexibility index (Phi) is 5.29. The fourth-order valence-corrected chi connectivity index (χ4v) is 1.12. The maximum Gasteiger partial charge on any atom is 0.335 e. The van der Waals surface area contributed by atoms with Gasteiger partial charge in [0.1, 0.15) is 6.61 Å². The van der Waals surface area contributed by atoms with Crippen molar-refractivity contribution in [2.24, 2.45) is 0 Å². The fraction of sp³-hybridized carbons (Fsp3) is 0.308. The van der Waals surface area contributed by atoms with Crippen LogP contribution >= 0.6 is 0 Å². The van der Waals surface area contributed by atoms with Gasteiger partial charge in [-0.05, 0) is 12.5 Å². The van der Waals surface area contributed by atoms with Crippen LogP contribution in [-0.4, -0.2) is 18.7 Å². The Hall–Kier alpha value is -1.61. The highest BCUT2D eigenvalue weighted by Crippen LogP contribution is 2.04. The molecule has 0 aliphatic rings. The average molecular weight is 220 g/mol. The number of carbonyl (C=O) groups excluding carboxylic acids is 1. The molecule has 0 bridgehead atoms. The molecule has 1 aromatic carbocycles. The third-order valence-corrected chi connectivity index (χ3v) is 2.02. The number of benzene rings is 1. The molecule has 0 heterocycles. The van der Waals surface area contributed by atoms with Crippen LogP contribution in [0.15, 0.2) is 43.0 Å². The Balaban J connectivity index is 2.32. The molecule has 0 spiro atoms. The highest BCUT2D eigenvalue weighted by molar-refractivity contribution is 5.74. The third kappa shape index (κ3) is 4.28. The maximum atomic E-state index is 11.3. The molecule has 0 fully saturated rings. The standard InChI is InChI=1S/C13H16O3/c1-3-9-15-13(14)11(2)16-10-12-7-5-4-6-8-12/h3-8,11H,1,9-10H2,2H3. The topological polar surface area (TPSA) is 35.5 Å². The minimum atomic E-state index is -0.555. The highest BCUT2D eigenvalue weighted by atomic mass is 16.6. The molecular formula is C13H16O3. The molecule has 1 aromatic rings. The van der Waals surface area contributed by atoms with Crippen molar-refractivity contribution < 1.29 is 14.3 Å². The van der Waals surface area contributed by atoms with Gasteiger partial charge in [0, 0.05) is 0 Å². The second-order valence-corrected chi connectivity index (χ2v) is 3.36. The summed E-state index contributed by atoms with van der Waals surface area (Å²) in [5.74, 6) is -0.365. The molecule has 0 radical (unpaired) electrons. The molecule has 1 atom stereocenters. The van der Waals surface area contributed by atoms with E-state index in [0.29, 0.717) is 6.61 Å². The smallest absolute Gasteiger partial charge is 0.335 e. The minimum Gasteiger partial charge on any atom is -0.460 e. The first-order valence-corrected chi connectivity index (χ1v) is 5.17. The fourth-order valence-electron chi connectivity index (χ4n) is 1.12. The normalized spacial score (nSPS) is 11.8. The summed E-state index contributed by atoms with van der Waals surface area (Å²) in [6.07, 6.45) is 0.974. The summed E-state index contributed by atoms with van der Waals surface area (Å²) in [4.78, 5) is 11.3. The third-order valence-electron chi connectivity index (χ3n) is 2.02. The van der Waals surface area contributed by atoms with E-state index in [1.165, 1.54) is 6.08 Å². The molecule has 86 valence electrons. The molecule has 0 aliphatic heterocycles. The summed E-state index contributed by atoms with van der Waals surface area (Å²) >= 11 is 0. The van der Waals surface area contributed by atoms with Crippen LogP contribution in [0.25, 0.3) is 0 Å². The van der Waals surface area contributed by atoms with Crippen LogP contribution in [0.3, 0.4) is 0 Å². The number of hydrogen-bond donors (Lipinski definition) is 0. The molecule has 0 N–H and O–H groups in total. The Morgan fingerprint density at radius 1 is 1.44 bits per heavy atom. The number of ether oxygens (including phenoxy) is 2. The van der Waals surface area contributed by atoms with Gasteiger partial charge >= 0.3 is 5.97 Å². The summed E-state index contributed by atoms with van der Waals surface area (Å²) in [5.41, 5.74) is 1.03. The van der Waals surface area contributed by atoms with E-state index in [1.54, 1.807) is 6.92 Å². The van der Waals surface area contributed by atoms with Crippen LogP contribution in [0.1, 0.15) is 12.5 Å². The molecule has 16 heavy (non-hydrogen) atoms. The van der Waals surface area contributed by atoms with E-state index in [9.17, 15) is 4.79 Å². The Labute approximate surface area is 95.7 Å². The molecule has 3 nitrogen and oxygen atoms in total. The lowest BCUT2D eigenvalue weighted by Gasteiger charge is -2.11. The van der Waals surface area contributed by atoms with Crippen LogP contribution in [0, 0.1) is 0 Å². The SMILES string of the molecule is C=CCOC(=O)C(C)OCc1ccccc1. The van der Waals surface area contributed by atoms with E-state index < -0.39 is 6.10 Å². The summed E-state index contributed by atoms with van der Waals surface area (Å²) in [6, 6.07) is 9.69. The van der Waals surface area contributed by atoms with Gasteiger partial charge in [0.2, 0.25) is 0 Å². The summed E-state index contributed by atoms with van der Waals surface area (Å²) in [6.45, 7) is 5.77. The maximum absolute atomic E-state index is 11.3. The number of carbonyl (C=O) groups is 1. The number of rotatable bonds is 6. The quantitative estimate of drug-likeness (QED) is 0.545. The van der Waals surface area contributed by atoms with Gasteiger partial charge in [0.05, 0.1) is 6.61 Å². The van der Waals surface area contributed by atoms with Gasteiger partial charge in [-0.1, -0.05) is 43.0 Å². The number of esters is 1. The molecular weight excluding hydrogens is 204 g/mol. The number of hydrogen-bond acceptors (Lipinski definition) is 3. The summed E-state index contributed by atoms with van der Waals surface area (Å²) in [5, 5.41) is 0. The first-order valence-electron chi connectivity index (χ1n) is 5.17. The Morgan fingerprint density at radius 3 is 2.75 bits per heavy atom. The molecule has 0 aromatic heterocycles. The minimum absolute atomic E-state index is 0.220. The van der Waals surface area contributed by atoms with Crippen molar-refractivity contribution in [3.63, 3.8) is 0 Å². The largest absolute Gasteiger partial charge is 0.460 e. The van der Waals surface area contributed by atoms with E-state index in [1.807, 2.05) is 30.3 Å². The van der Waals surface area contributed by atoms with E-state index in [4.69, 9.17) is 9.47 Å². The molecule has 0 aliphatic carbocycles. The Morgan fingerprint density at radius 2 is 2.12 bits per heavy atom. The van der Waals surface area contributed by atoms with Gasteiger partial charge in [-0.15, -0.1) is 0 Å². The molecule has 1 rings (SSSR count). The van der Waals surface area contributed by atoms with Crippen LogP contribution in [-0.2, 0) is 20.9 Å². The predicted octanol–water partition coefficient (Wildman–Crippen LogP) is 2.32. The first-order chi connectivity index (χ1) is 7.74. The van der Waals surface area contributed by atoms with Crippen molar-refractivity contribution in [2.75, 3.05) is 6.61 Å². The van der Waals surface area contributed by atoms with Crippen molar-refractivity contribution in [3.8, 4) is 0 Å². The van der Waals surface area contributed by atoms with E-state index in [0.717, 1.165) is 5.56 Å². The van der Waals surface area contributed by atoms with Gasteiger partial charge < -0.3 is 9.47 Å². The lowest BCUT2D eigenvalue weighted by molar-refractivity contribution is -0.155. The molecule has 1 unspecified atom stereocenters. The van der Waals surface area contributed by atoms with E-state index in [2.05, 4.69) is 6.58 Å². The Bertz CT molecular complexity index is 332. The highest BCUT2D eigenvalue weighted by Gasteiger charge is 2.14. The van der Waals surface area contributed by atoms with Gasteiger partial charge in [-0.2, -0.15) is 0 Å². The van der Waals surface area contributed by atoms with Gasteiger partial charge in [0.25, 0.3) is 0 Å². The zero-order valence-electron chi connectivity index (χ0n) is 9.39. The summed E-state index contributed by atoms with van der Waals surface area (Å²) < 4.78 is 10.2. The van der Waals surface area contributed by atoms with E-state index >= 15 is 0 Å². The van der Waals surface area contributed by atoms with Gasteiger partial charge in [-0.3, -0.25) is 0 Å². The second kappa shape index (κ2) is 6.80. The zero-order chi connectivity index (χ0) is 11.8. The monoisotopic (exact) mass is 220 g/mol. The zero-order valence-corrected chi connectivity index (χ0v) is 9.39. The van der Waals surface area contributed by atoms with Crippen molar-refractivity contribution in [3.05, 3.63) is 48.6 Å². The average Bonchev–Trinajstić information content (AvgIpc) is 2.34. The van der Waals surface area contributed by atoms with Crippen molar-refractivity contribution in [2.45, 2.75) is 19.6 Å². The van der Waals surface area contributed by atoms with E-state index in [-0.39, 0.29) is 12.6 Å². The molecule has 0 saturated heterocycles.